The highest BCUT2D eigenvalue weighted by atomic mass is 32.1. The summed E-state index contributed by atoms with van der Waals surface area (Å²) < 4.78 is 1.11. The second-order valence-corrected chi connectivity index (χ2v) is 8.94. The van der Waals surface area contributed by atoms with Gasteiger partial charge in [-0.25, -0.2) is 4.98 Å². The molecule has 5 rings (SSSR count). The SMILES string of the molecule is O=C1C(O)CCN1c1ccc2nc(N3CCC(N4CCCCC4)C3)sc2c1. The third kappa shape index (κ3) is 3.22. The molecule has 0 bridgehead atoms. The Bertz CT molecular complexity index is 848. The van der Waals surface area contributed by atoms with Crippen molar-refractivity contribution in [3.8, 4) is 0 Å². The molecule has 6 nitrogen and oxygen atoms in total. The van der Waals surface area contributed by atoms with Gasteiger partial charge >= 0.3 is 0 Å². The predicted molar refractivity (Wildman–Crippen MR) is 109 cm³/mol. The van der Waals surface area contributed by atoms with Crippen LogP contribution < -0.4 is 9.80 Å². The first-order chi connectivity index (χ1) is 13.2. The lowest BCUT2D eigenvalue weighted by Gasteiger charge is -2.32. The molecule has 2 unspecified atom stereocenters. The van der Waals surface area contributed by atoms with Gasteiger partial charge in [0.1, 0.15) is 6.10 Å². The highest BCUT2D eigenvalue weighted by molar-refractivity contribution is 7.22. The number of hydrogen-bond acceptors (Lipinski definition) is 6. The van der Waals surface area contributed by atoms with Gasteiger partial charge in [0.25, 0.3) is 5.91 Å². The molecular formula is C20H26N4O2S. The third-order valence-corrected chi connectivity index (χ3v) is 7.27. The first-order valence-corrected chi connectivity index (χ1v) is 10.9. The topological polar surface area (TPSA) is 59.9 Å². The van der Waals surface area contributed by atoms with Crippen molar-refractivity contribution in [1.82, 2.24) is 9.88 Å². The number of aliphatic hydroxyl groups is 1. The van der Waals surface area contributed by atoms with Crippen LogP contribution in [0.3, 0.4) is 0 Å². The number of aromatic nitrogens is 1. The Kier molecular flexibility index (Phi) is 4.53. The summed E-state index contributed by atoms with van der Waals surface area (Å²) in [6.45, 7) is 5.23. The first kappa shape index (κ1) is 17.4. The Morgan fingerprint density at radius 1 is 1.07 bits per heavy atom. The number of carbonyl (C=O) groups excluding carboxylic acids is 1. The lowest BCUT2D eigenvalue weighted by Crippen LogP contribution is -2.40. The number of nitrogens with zero attached hydrogens (tertiary/aromatic N) is 4. The van der Waals surface area contributed by atoms with E-state index in [1.807, 2.05) is 18.2 Å². The molecule has 0 saturated carbocycles. The van der Waals surface area contributed by atoms with Crippen LogP contribution in [-0.2, 0) is 4.79 Å². The minimum atomic E-state index is -0.853. The Hall–Kier alpha value is -1.70. The van der Waals surface area contributed by atoms with Crippen molar-refractivity contribution in [2.75, 3.05) is 42.5 Å². The Balaban J connectivity index is 1.33. The van der Waals surface area contributed by atoms with Gasteiger partial charge in [0.15, 0.2) is 5.13 Å². The van der Waals surface area contributed by atoms with E-state index in [0.29, 0.717) is 19.0 Å². The zero-order chi connectivity index (χ0) is 18.4. The molecule has 2 aromatic rings. The van der Waals surface area contributed by atoms with Crippen LogP contribution in [0.25, 0.3) is 10.2 Å². The number of piperidine rings is 1. The van der Waals surface area contributed by atoms with Gasteiger partial charge in [0.05, 0.1) is 10.2 Å². The maximum atomic E-state index is 12.1. The molecule has 0 spiro atoms. The van der Waals surface area contributed by atoms with Crippen molar-refractivity contribution in [2.45, 2.75) is 44.2 Å². The van der Waals surface area contributed by atoms with E-state index in [1.165, 1.54) is 38.8 Å². The van der Waals surface area contributed by atoms with Gasteiger partial charge < -0.3 is 14.9 Å². The van der Waals surface area contributed by atoms with E-state index in [9.17, 15) is 9.90 Å². The summed E-state index contributed by atoms with van der Waals surface area (Å²) in [4.78, 5) is 23.7. The normalized spacial score (nSPS) is 27.2. The zero-order valence-electron chi connectivity index (χ0n) is 15.5. The second kappa shape index (κ2) is 7.04. The smallest absolute Gasteiger partial charge is 0.255 e. The molecule has 2 atom stereocenters. The van der Waals surface area contributed by atoms with Crippen LogP contribution in [-0.4, -0.2) is 65.8 Å². The van der Waals surface area contributed by atoms with E-state index < -0.39 is 6.10 Å². The van der Waals surface area contributed by atoms with Crippen LogP contribution in [0.2, 0.25) is 0 Å². The predicted octanol–water partition coefficient (Wildman–Crippen LogP) is 2.46. The summed E-state index contributed by atoms with van der Waals surface area (Å²) in [5.74, 6) is -0.192. The molecule has 4 heterocycles. The molecular weight excluding hydrogens is 360 g/mol. The summed E-state index contributed by atoms with van der Waals surface area (Å²) >= 11 is 1.71. The Labute approximate surface area is 163 Å². The lowest BCUT2D eigenvalue weighted by molar-refractivity contribution is -0.123. The van der Waals surface area contributed by atoms with Gasteiger partial charge in [-0.15, -0.1) is 0 Å². The molecule has 144 valence electrons. The van der Waals surface area contributed by atoms with E-state index in [0.717, 1.165) is 34.1 Å². The largest absolute Gasteiger partial charge is 0.383 e. The number of thiazole rings is 1. The van der Waals surface area contributed by atoms with Gasteiger partial charge in [-0.3, -0.25) is 9.69 Å². The van der Waals surface area contributed by atoms with Crippen molar-refractivity contribution in [3.05, 3.63) is 18.2 Å². The molecule has 3 fully saturated rings. The number of rotatable bonds is 3. The van der Waals surface area contributed by atoms with Crippen LogP contribution in [0, 0.1) is 0 Å². The summed E-state index contributed by atoms with van der Waals surface area (Å²) in [7, 11) is 0. The molecule has 1 aromatic heterocycles. The molecule has 3 aliphatic heterocycles. The Morgan fingerprint density at radius 3 is 2.70 bits per heavy atom. The average Bonchev–Trinajstić information content (AvgIpc) is 3.41. The van der Waals surface area contributed by atoms with Gasteiger partial charge in [0.2, 0.25) is 0 Å². The standard InChI is InChI=1S/C20H26N4O2S/c25-17-7-11-24(19(17)26)14-4-5-16-18(12-14)27-20(21-16)23-10-6-15(13-23)22-8-2-1-3-9-22/h4-5,12,15,17,25H,1-3,6-11,13H2. The lowest BCUT2D eigenvalue weighted by atomic mass is 10.1. The van der Waals surface area contributed by atoms with Gasteiger partial charge in [-0.2, -0.15) is 0 Å². The maximum absolute atomic E-state index is 12.1. The van der Waals surface area contributed by atoms with Crippen molar-refractivity contribution in [3.63, 3.8) is 0 Å². The van der Waals surface area contributed by atoms with Crippen LogP contribution in [0.5, 0.6) is 0 Å². The van der Waals surface area contributed by atoms with E-state index >= 15 is 0 Å². The third-order valence-electron chi connectivity index (χ3n) is 6.19. The second-order valence-electron chi connectivity index (χ2n) is 7.93. The fraction of sp³-hybridized carbons (Fsp3) is 0.600. The van der Waals surface area contributed by atoms with E-state index in [-0.39, 0.29) is 5.91 Å². The van der Waals surface area contributed by atoms with Crippen molar-refractivity contribution in [1.29, 1.82) is 0 Å². The van der Waals surface area contributed by atoms with Gasteiger partial charge in [0, 0.05) is 37.8 Å². The number of likely N-dealkylation sites (tertiary alicyclic amines) is 1. The summed E-state index contributed by atoms with van der Waals surface area (Å²) in [5.41, 5.74) is 1.86. The number of amides is 1. The number of anilines is 2. The minimum absolute atomic E-state index is 0.192. The average molecular weight is 387 g/mol. The van der Waals surface area contributed by atoms with Crippen LogP contribution >= 0.6 is 11.3 Å². The fourth-order valence-corrected chi connectivity index (χ4v) is 5.66. The monoisotopic (exact) mass is 386 g/mol. The summed E-state index contributed by atoms with van der Waals surface area (Å²) in [5, 5.41) is 10.8. The van der Waals surface area contributed by atoms with E-state index in [4.69, 9.17) is 4.98 Å². The molecule has 3 aliphatic rings. The van der Waals surface area contributed by atoms with Crippen LogP contribution in [0.1, 0.15) is 32.1 Å². The zero-order valence-corrected chi connectivity index (χ0v) is 16.3. The molecule has 7 heteroatoms. The van der Waals surface area contributed by atoms with Crippen LogP contribution in [0.4, 0.5) is 10.8 Å². The van der Waals surface area contributed by atoms with Crippen LogP contribution in [0.15, 0.2) is 18.2 Å². The first-order valence-electron chi connectivity index (χ1n) is 10.1. The minimum Gasteiger partial charge on any atom is -0.383 e. The molecule has 27 heavy (non-hydrogen) atoms. The van der Waals surface area contributed by atoms with Gasteiger partial charge in [-0.1, -0.05) is 17.8 Å². The van der Waals surface area contributed by atoms with Crippen molar-refractivity contribution < 1.29 is 9.90 Å². The number of aliphatic hydroxyl groups excluding tert-OH is 1. The highest BCUT2D eigenvalue weighted by Gasteiger charge is 2.32. The quantitative estimate of drug-likeness (QED) is 0.878. The number of benzene rings is 1. The molecule has 3 saturated heterocycles. The number of fused-ring (bicyclic) bond motifs is 1. The summed E-state index contributed by atoms with van der Waals surface area (Å²) in [6.07, 6.45) is 4.94. The molecule has 0 radical (unpaired) electrons. The van der Waals surface area contributed by atoms with E-state index in [1.54, 1.807) is 16.2 Å². The van der Waals surface area contributed by atoms with Crippen molar-refractivity contribution in [2.24, 2.45) is 0 Å². The van der Waals surface area contributed by atoms with Gasteiger partial charge in [-0.05, 0) is 50.6 Å². The number of hydrogen-bond donors (Lipinski definition) is 1. The molecule has 1 aromatic carbocycles. The maximum Gasteiger partial charge on any atom is 0.255 e. The molecule has 0 aliphatic carbocycles. The van der Waals surface area contributed by atoms with Crippen molar-refractivity contribution >= 4 is 38.3 Å². The molecule has 1 N–H and O–H groups in total. The Morgan fingerprint density at radius 2 is 1.93 bits per heavy atom. The highest BCUT2D eigenvalue weighted by Crippen LogP contribution is 2.35. The fourth-order valence-electron chi connectivity index (χ4n) is 4.62. The number of carbonyl (C=O) groups is 1. The van der Waals surface area contributed by atoms with E-state index in [2.05, 4.69) is 9.80 Å². The summed E-state index contributed by atoms with van der Waals surface area (Å²) in [6, 6.07) is 6.66. The molecule has 1 amide bonds.